The highest BCUT2D eigenvalue weighted by Crippen LogP contribution is 2.20. The van der Waals surface area contributed by atoms with Crippen molar-refractivity contribution in [3.8, 4) is 5.75 Å². The lowest BCUT2D eigenvalue weighted by Crippen LogP contribution is -2.36. The third-order valence-electron chi connectivity index (χ3n) is 4.62. The highest BCUT2D eigenvalue weighted by atomic mass is 16.5. The van der Waals surface area contributed by atoms with Crippen molar-refractivity contribution in [2.75, 3.05) is 41.5 Å². The first kappa shape index (κ1) is 23.7. The van der Waals surface area contributed by atoms with Crippen molar-refractivity contribution in [3.63, 3.8) is 0 Å². The molecule has 0 aliphatic rings. The van der Waals surface area contributed by atoms with E-state index >= 15 is 0 Å². The lowest BCUT2D eigenvalue weighted by Gasteiger charge is -2.16. The molecule has 0 atom stereocenters. The van der Waals surface area contributed by atoms with E-state index in [1.54, 1.807) is 14.2 Å². The van der Waals surface area contributed by atoms with Gasteiger partial charge in [-0.05, 0) is 43.8 Å². The zero-order chi connectivity index (χ0) is 21.8. The Morgan fingerprint density at radius 3 is 2.33 bits per heavy atom. The molecule has 0 bridgehead atoms. The zero-order valence-electron chi connectivity index (χ0n) is 19.0. The van der Waals surface area contributed by atoms with Gasteiger partial charge in [-0.15, -0.1) is 0 Å². The number of aliphatic imine (C=N–C) groups is 1. The van der Waals surface area contributed by atoms with Crippen LogP contribution in [0.2, 0.25) is 0 Å². The Bertz CT molecular complexity index is 788. The molecule has 0 heterocycles. The molecule has 0 aliphatic heterocycles. The van der Waals surface area contributed by atoms with Gasteiger partial charge in [0.15, 0.2) is 5.96 Å². The number of guanidine groups is 1. The highest BCUT2D eigenvalue weighted by Gasteiger charge is 2.06. The molecule has 0 aromatic heterocycles. The van der Waals surface area contributed by atoms with Gasteiger partial charge in [0, 0.05) is 52.4 Å². The Kier molecular flexibility index (Phi) is 10.2. The van der Waals surface area contributed by atoms with Crippen LogP contribution in [0.5, 0.6) is 5.75 Å². The van der Waals surface area contributed by atoms with E-state index < -0.39 is 0 Å². The molecule has 2 rings (SSSR count). The second kappa shape index (κ2) is 12.9. The first-order valence-corrected chi connectivity index (χ1v) is 10.4. The number of hydrogen-bond donors (Lipinski definition) is 2. The molecule has 0 fully saturated rings. The van der Waals surface area contributed by atoms with Gasteiger partial charge in [-0.25, -0.2) is 0 Å². The lowest BCUT2D eigenvalue weighted by molar-refractivity contribution is 0.171. The molecule has 0 saturated carbocycles. The molecule has 6 nitrogen and oxygen atoms in total. The van der Waals surface area contributed by atoms with Gasteiger partial charge in [-0.3, -0.25) is 4.99 Å². The molecule has 30 heavy (non-hydrogen) atoms. The number of nitrogens with one attached hydrogen (secondary N) is 2. The van der Waals surface area contributed by atoms with E-state index in [2.05, 4.69) is 84.0 Å². The minimum Gasteiger partial charge on any atom is -0.493 e. The third-order valence-corrected chi connectivity index (χ3v) is 4.62. The number of rotatable bonds is 11. The van der Waals surface area contributed by atoms with Crippen LogP contribution >= 0.6 is 0 Å². The van der Waals surface area contributed by atoms with Gasteiger partial charge in [0.05, 0.1) is 6.61 Å². The molecule has 6 heteroatoms. The van der Waals surface area contributed by atoms with Crippen LogP contribution in [0.15, 0.2) is 47.5 Å². The van der Waals surface area contributed by atoms with Crippen LogP contribution in [-0.4, -0.2) is 52.3 Å². The number of benzene rings is 2. The number of hydrogen-bond acceptors (Lipinski definition) is 4. The summed E-state index contributed by atoms with van der Waals surface area (Å²) in [6.07, 6.45) is 0.869. The van der Waals surface area contributed by atoms with E-state index in [1.807, 2.05) is 0 Å². The average Bonchev–Trinajstić information content (AvgIpc) is 2.73. The molecule has 0 spiro atoms. The molecular weight excluding hydrogens is 376 g/mol. The fourth-order valence-electron chi connectivity index (χ4n) is 3.04. The van der Waals surface area contributed by atoms with Gasteiger partial charge < -0.3 is 25.0 Å². The van der Waals surface area contributed by atoms with Crippen molar-refractivity contribution in [1.29, 1.82) is 0 Å². The van der Waals surface area contributed by atoms with E-state index in [9.17, 15) is 0 Å². The largest absolute Gasteiger partial charge is 0.493 e. The van der Waals surface area contributed by atoms with Crippen molar-refractivity contribution in [2.45, 2.75) is 33.0 Å². The quantitative estimate of drug-likeness (QED) is 0.337. The lowest BCUT2D eigenvalue weighted by atomic mass is 10.1. The van der Waals surface area contributed by atoms with E-state index in [0.717, 1.165) is 36.8 Å². The Labute approximate surface area is 181 Å². The van der Waals surface area contributed by atoms with Crippen LogP contribution in [0.3, 0.4) is 0 Å². The van der Waals surface area contributed by atoms with Crippen molar-refractivity contribution in [3.05, 3.63) is 64.7 Å². The van der Waals surface area contributed by atoms with Crippen molar-refractivity contribution in [1.82, 2.24) is 15.5 Å². The van der Waals surface area contributed by atoms with Crippen molar-refractivity contribution < 1.29 is 9.47 Å². The van der Waals surface area contributed by atoms with Crippen molar-refractivity contribution in [2.24, 2.45) is 4.99 Å². The SMILES string of the molecule is CN=C(NCc1ccc(CN(C)C)cc1)NCc1ccc(C)cc1OCCCOC. The first-order valence-electron chi connectivity index (χ1n) is 10.4. The summed E-state index contributed by atoms with van der Waals surface area (Å²) in [4.78, 5) is 6.51. The fraction of sp³-hybridized carbons (Fsp3) is 0.458. The fourth-order valence-corrected chi connectivity index (χ4v) is 3.04. The predicted molar refractivity (Wildman–Crippen MR) is 124 cm³/mol. The number of aryl methyl sites for hydroxylation is 1. The first-order chi connectivity index (χ1) is 14.5. The zero-order valence-corrected chi connectivity index (χ0v) is 19.0. The van der Waals surface area contributed by atoms with E-state index in [0.29, 0.717) is 19.8 Å². The highest BCUT2D eigenvalue weighted by molar-refractivity contribution is 5.79. The summed E-state index contributed by atoms with van der Waals surface area (Å²) in [6, 6.07) is 14.9. The van der Waals surface area contributed by atoms with Gasteiger partial charge in [0.1, 0.15) is 5.75 Å². The van der Waals surface area contributed by atoms with Crippen LogP contribution in [0.4, 0.5) is 0 Å². The maximum Gasteiger partial charge on any atom is 0.191 e. The van der Waals surface area contributed by atoms with Gasteiger partial charge >= 0.3 is 0 Å². The molecule has 2 aromatic rings. The van der Waals surface area contributed by atoms with E-state index in [-0.39, 0.29) is 0 Å². The molecular formula is C24H36N4O2. The van der Waals surface area contributed by atoms with E-state index in [4.69, 9.17) is 9.47 Å². The topological polar surface area (TPSA) is 58.1 Å². The Morgan fingerprint density at radius 2 is 1.67 bits per heavy atom. The Morgan fingerprint density at radius 1 is 0.967 bits per heavy atom. The molecule has 0 radical (unpaired) electrons. The maximum atomic E-state index is 5.97. The molecule has 164 valence electrons. The number of methoxy groups -OCH3 is 1. The van der Waals surface area contributed by atoms with Gasteiger partial charge in [0.25, 0.3) is 0 Å². The predicted octanol–water partition coefficient (Wildman–Crippen LogP) is 3.34. The molecule has 2 N–H and O–H groups in total. The summed E-state index contributed by atoms with van der Waals surface area (Å²) in [5.74, 6) is 1.67. The monoisotopic (exact) mass is 412 g/mol. The molecule has 0 amide bonds. The summed E-state index contributed by atoms with van der Waals surface area (Å²) in [5, 5.41) is 6.76. The van der Waals surface area contributed by atoms with Gasteiger partial charge in [-0.1, -0.05) is 36.4 Å². The summed E-state index contributed by atoms with van der Waals surface area (Å²) in [5.41, 5.74) is 4.82. The third kappa shape index (κ3) is 8.43. The maximum absolute atomic E-state index is 5.97. The summed E-state index contributed by atoms with van der Waals surface area (Å²) in [7, 11) is 7.65. The van der Waals surface area contributed by atoms with Gasteiger partial charge in [-0.2, -0.15) is 0 Å². The second-order valence-electron chi connectivity index (χ2n) is 7.64. The molecule has 0 aliphatic carbocycles. The number of nitrogens with zero attached hydrogens (tertiary/aromatic N) is 2. The minimum absolute atomic E-state index is 0.640. The summed E-state index contributed by atoms with van der Waals surface area (Å²) < 4.78 is 11.1. The average molecular weight is 413 g/mol. The molecule has 0 unspecified atom stereocenters. The smallest absolute Gasteiger partial charge is 0.191 e. The minimum atomic E-state index is 0.640. The van der Waals surface area contributed by atoms with E-state index in [1.165, 1.54) is 16.7 Å². The number of ether oxygens (including phenoxy) is 2. The summed E-state index contributed by atoms with van der Waals surface area (Å²) >= 11 is 0. The second-order valence-corrected chi connectivity index (χ2v) is 7.64. The van der Waals surface area contributed by atoms with Crippen LogP contribution in [0.25, 0.3) is 0 Å². The van der Waals surface area contributed by atoms with Crippen molar-refractivity contribution >= 4 is 5.96 Å². The van der Waals surface area contributed by atoms with Crippen LogP contribution in [-0.2, 0) is 24.4 Å². The Hall–Kier alpha value is -2.57. The van der Waals surface area contributed by atoms with Gasteiger partial charge in [0.2, 0.25) is 0 Å². The standard InChI is InChI=1S/C24H36N4O2/c1-19-7-12-22(23(15-19)30-14-6-13-29-5)17-27-24(25-2)26-16-20-8-10-21(11-9-20)18-28(3)4/h7-12,15H,6,13-14,16-18H2,1-5H3,(H2,25,26,27). The van der Waals surface area contributed by atoms with Crippen LogP contribution in [0.1, 0.15) is 28.7 Å². The summed E-state index contributed by atoms with van der Waals surface area (Å²) in [6.45, 7) is 5.72. The van der Waals surface area contributed by atoms with Crippen LogP contribution < -0.4 is 15.4 Å². The normalized spacial score (nSPS) is 11.6. The molecule has 0 saturated heterocycles. The Balaban J connectivity index is 1.88. The molecule has 2 aromatic carbocycles. The van der Waals surface area contributed by atoms with Crippen LogP contribution in [0, 0.1) is 6.92 Å².